The maximum absolute atomic E-state index is 11.0. The normalized spacial score (nSPS) is 12.5. The molecule has 1 amide bonds. The van der Waals surface area contributed by atoms with Crippen molar-refractivity contribution in [1.29, 1.82) is 0 Å². The third kappa shape index (κ3) is 2.47. The maximum Gasteiger partial charge on any atom is 0.247 e. The Bertz CT molecular complexity index is 249. The molecule has 1 heterocycles. The van der Waals surface area contributed by atoms with Gasteiger partial charge in [0.05, 0.1) is 5.25 Å². The standard InChI is InChI=1S/C6H9N3OS2/c1-4(5(10)9-7)12-6-8-2-3-11-6/h2-4H,7H2,1H3,(H,9,10). The van der Waals surface area contributed by atoms with Gasteiger partial charge in [0, 0.05) is 11.6 Å². The Labute approximate surface area is 78.5 Å². The van der Waals surface area contributed by atoms with Gasteiger partial charge in [0.1, 0.15) is 0 Å². The molecule has 0 saturated heterocycles. The summed E-state index contributed by atoms with van der Waals surface area (Å²) >= 11 is 2.91. The van der Waals surface area contributed by atoms with Crippen LogP contribution in [0.5, 0.6) is 0 Å². The SMILES string of the molecule is CC(Sc1nccs1)C(=O)NN. The Hall–Kier alpha value is -0.590. The van der Waals surface area contributed by atoms with Crippen molar-refractivity contribution >= 4 is 29.0 Å². The van der Waals surface area contributed by atoms with Crippen molar-refractivity contribution in [1.82, 2.24) is 10.4 Å². The largest absolute Gasteiger partial charge is 0.293 e. The van der Waals surface area contributed by atoms with E-state index in [1.54, 1.807) is 13.1 Å². The van der Waals surface area contributed by atoms with Gasteiger partial charge in [-0.15, -0.1) is 11.3 Å². The summed E-state index contributed by atoms with van der Waals surface area (Å²) in [6, 6.07) is 0. The molecule has 1 aromatic heterocycles. The molecule has 0 radical (unpaired) electrons. The van der Waals surface area contributed by atoms with Crippen LogP contribution in [0.2, 0.25) is 0 Å². The first-order valence-corrected chi connectivity index (χ1v) is 5.06. The number of thiazole rings is 1. The number of carbonyl (C=O) groups excluding carboxylic acids is 1. The molecule has 0 spiro atoms. The fourth-order valence-electron chi connectivity index (χ4n) is 0.591. The number of nitrogens with zero attached hydrogens (tertiary/aromatic N) is 1. The van der Waals surface area contributed by atoms with Gasteiger partial charge < -0.3 is 0 Å². The molecule has 0 fully saturated rings. The van der Waals surface area contributed by atoms with Crippen LogP contribution in [0.15, 0.2) is 15.9 Å². The van der Waals surface area contributed by atoms with E-state index in [9.17, 15) is 4.79 Å². The highest BCUT2D eigenvalue weighted by Crippen LogP contribution is 2.24. The Morgan fingerprint density at radius 1 is 1.92 bits per heavy atom. The van der Waals surface area contributed by atoms with Crippen LogP contribution in [0.25, 0.3) is 0 Å². The molecular formula is C6H9N3OS2. The molecule has 0 bridgehead atoms. The van der Waals surface area contributed by atoms with Crippen molar-refractivity contribution in [3.8, 4) is 0 Å². The smallest absolute Gasteiger partial charge is 0.247 e. The fraction of sp³-hybridized carbons (Fsp3) is 0.333. The van der Waals surface area contributed by atoms with Crippen molar-refractivity contribution in [2.45, 2.75) is 16.5 Å². The third-order valence-electron chi connectivity index (χ3n) is 1.20. The molecule has 6 heteroatoms. The Balaban J connectivity index is 2.47. The Kier molecular flexibility index (Phi) is 3.51. The van der Waals surface area contributed by atoms with E-state index in [2.05, 4.69) is 10.4 Å². The van der Waals surface area contributed by atoms with Crippen LogP contribution in [-0.2, 0) is 4.79 Å². The zero-order valence-corrected chi connectivity index (χ0v) is 8.11. The van der Waals surface area contributed by atoms with Crippen LogP contribution in [0.3, 0.4) is 0 Å². The van der Waals surface area contributed by atoms with Crippen molar-refractivity contribution < 1.29 is 4.79 Å². The lowest BCUT2D eigenvalue weighted by Gasteiger charge is -2.05. The zero-order chi connectivity index (χ0) is 8.97. The molecule has 0 aliphatic heterocycles. The highest BCUT2D eigenvalue weighted by molar-refractivity contribution is 8.02. The van der Waals surface area contributed by atoms with E-state index in [0.29, 0.717) is 0 Å². The molecule has 4 nitrogen and oxygen atoms in total. The molecule has 0 aliphatic rings. The van der Waals surface area contributed by atoms with E-state index >= 15 is 0 Å². The number of carbonyl (C=O) groups is 1. The van der Waals surface area contributed by atoms with Gasteiger partial charge in [-0.2, -0.15) is 0 Å². The number of hydrazine groups is 1. The van der Waals surface area contributed by atoms with Gasteiger partial charge in [0.15, 0.2) is 4.34 Å². The summed E-state index contributed by atoms with van der Waals surface area (Å²) in [7, 11) is 0. The minimum absolute atomic E-state index is 0.185. The second-order valence-corrected chi connectivity index (χ2v) is 4.55. The predicted octanol–water partition coefficient (Wildman–Crippen LogP) is 0.614. The van der Waals surface area contributed by atoms with Crippen LogP contribution < -0.4 is 11.3 Å². The minimum Gasteiger partial charge on any atom is -0.293 e. The van der Waals surface area contributed by atoms with Gasteiger partial charge in [0.2, 0.25) is 5.91 Å². The van der Waals surface area contributed by atoms with Crippen LogP contribution in [-0.4, -0.2) is 16.1 Å². The predicted molar refractivity (Wildman–Crippen MR) is 49.8 cm³/mol. The summed E-state index contributed by atoms with van der Waals surface area (Å²) in [4.78, 5) is 15.0. The molecule has 0 aliphatic carbocycles. The molecule has 1 atom stereocenters. The molecular weight excluding hydrogens is 194 g/mol. The van der Waals surface area contributed by atoms with Crippen LogP contribution >= 0.6 is 23.1 Å². The highest BCUT2D eigenvalue weighted by Gasteiger charge is 2.13. The Morgan fingerprint density at radius 2 is 2.67 bits per heavy atom. The summed E-state index contributed by atoms with van der Waals surface area (Å²) in [5.74, 6) is 4.79. The first-order valence-electron chi connectivity index (χ1n) is 3.30. The number of hydrogen-bond acceptors (Lipinski definition) is 5. The summed E-state index contributed by atoms with van der Waals surface area (Å²) in [6.45, 7) is 1.79. The molecule has 0 saturated carbocycles. The van der Waals surface area contributed by atoms with Crippen molar-refractivity contribution in [3.63, 3.8) is 0 Å². The van der Waals surface area contributed by atoms with Crippen LogP contribution in [0, 0.1) is 0 Å². The maximum atomic E-state index is 11.0. The molecule has 3 N–H and O–H groups in total. The minimum atomic E-state index is -0.193. The van der Waals surface area contributed by atoms with E-state index < -0.39 is 0 Å². The van der Waals surface area contributed by atoms with E-state index in [1.807, 2.05) is 5.38 Å². The van der Waals surface area contributed by atoms with Gasteiger partial charge in [0.25, 0.3) is 0 Å². The summed E-state index contributed by atoms with van der Waals surface area (Å²) in [5, 5.41) is 1.68. The number of rotatable bonds is 3. The van der Waals surface area contributed by atoms with E-state index in [1.165, 1.54) is 23.1 Å². The van der Waals surface area contributed by atoms with Gasteiger partial charge >= 0.3 is 0 Å². The number of nitrogens with two attached hydrogens (primary N) is 1. The first kappa shape index (κ1) is 9.50. The monoisotopic (exact) mass is 203 g/mol. The molecule has 0 aromatic carbocycles. The first-order chi connectivity index (χ1) is 5.74. The van der Waals surface area contributed by atoms with E-state index in [0.717, 1.165) is 4.34 Å². The number of thioether (sulfide) groups is 1. The average molecular weight is 203 g/mol. The summed E-state index contributed by atoms with van der Waals surface area (Å²) in [6.07, 6.45) is 1.71. The number of nitrogens with one attached hydrogen (secondary N) is 1. The van der Waals surface area contributed by atoms with Crippen molar-refractivity contribution in [3.05, 3.63) is 11.6 Å². The molecule has 12 heavy (non-hydrogen) atoms. The number of aromatic nitrogens is 1. The number of hydrogen-bond donors (Lipinski definition) is 2. The average Bonchev–Trinajstić information content (AvgIpc) is 2.55. The lowest BCUT2D eigenvalue weighted by Crippen LogP contribution is -2.36. The third-order valence-corrected chi connectivity index (χ3v) is 3.22. The van der Waals surface area contributed by atoms with Crippen molar-refractivity contribution in [2.75, 3.05) is 0 Å². The lowest BCUT2D eigenvalue weighted by molar-refractivity contribution is -0.120. The van der Waals surface area contributed by atoms with Crippen LogP contribution in [0.1, 0.15) is 6.92 Å². The lowest BCUT2D eigenvalue weighted by atomic mass is 10.5. The van der Waals surface area contributed by atoms with Gasteiger partial charge in [-0.25, -0.2) is 10.8 Å². The van der Waals surface area contributed by atoms with Crippen molar-refractivity contribution in [2.24, 2.45) is 5.84 Å². The second-order valence-electron chi connectivity index (χ2n) is 2.07. The topological polar surface area (TPSA) is 68.0 Å². The van der Waals surface area contributed by atoms with Crippen LogP contribution in [0.4, 0.5) is 0 Å². The number of amides is 1. The second kappa shape index (κ2) is 4.44. The quantitative estimate of drug-likeness (QED) is 0.327. The summed E-state index contributed by atoms with van der Waals surface area (Å²) < 4.78 is 0.881. The van der Waals surface area contributed by atoms with Gasteiger partial charge in [-0.1, -0.05) is 11.8 Å². The van der Waals surface area contributed by atoms with E-state index in [4.69, 9.17) is 5.84 Å². The molecule has 1 unspecified atom stereocenters. The molecule has 1 rings (SSSR count). The van der Waals surface area contributed by atoms with E-state index in [-0.39, 0.29) is 11.2 Å². The molecule has 66 valence electrons. The molecule has 1 aromatic rings. The van der Waals surface area contributed by atoms with Gasteiger partial charge in [-0.05, 0) is 6.92 Å². The highest BCUT2D eigenvalue weighted by atomic mass is 32.2. The zero-order valence-electron chi connectivity index (χ0n) is 6.48. The summed E-state index contributed by atoms with van der Waals surface area (Å²) in [5.41, 5.74) is 2.09. The Morgan fingerprint density at radius 3 is 3.17 bits per heavy atom. The fourth-order valence-corrected chi connectivity index (χ4v) is 2.37. The van der Waals surface area contributed by atoms with Gasteiger partial charge in [-0.3, -0.25) is 10.2 Å².